The fourth-order valence-corrected chi connectivity index (χ4v) is 4.19. The fraction of sp³-hybridized carbons (Fsp3) is 0. The molecular weight excluding hydrogens is 440 g/mol. The second kappa shape index (κ2) is 9.72. The van der Waals surface area contributed by atoms with Crippen molar-refractivity contribution in [2.45, 2.75) is 0 Å². The monoisotopic (exact) mass is 462 g/mol. The molecule has 170 valence electrons. The van der Waals surface area contributed by atoms with Crippen molar-refractivity contribution in [1.29, 1.82) is 0 Å². The molecule has 0 N–H and O–H groups in total. The van der Waals surface area contributed by atoms with Gasteiger partial charge in [0.25, 0.3) is 0 Å². The molecule has 0 atom stereocenters. The van der Waals surface area contributed by atoms with E-state index < -0.39 is 0 Å². The van der Waals surface area contributed by atoms with Crippen LogP contribution in [0.5, 0.6) is 0 Å². The predicted octanol–water partition coefficient (Wildman–Crippen LogP) is 7.60. The summed E-state index contributed by atoms with van der Waals surface area (Å²) in [6.45, 7) is 0. The van der Waals surface area contributed by atoms with Crippen molar-refractivity contribution in [2.24, 2.45) is 0 Å². The summed E-state index contributed by atoms with van der Waals surface area (Å²) in [6.07, 6.45) is 1.62. The van der Waals surface area contributed by atoms with E-state index in [2.05, 4.69) is 58.5 Å². The van der Waals surface area contributed by atoms with Crippen LogP contribution < -0.4 is 0 Å². The molecular formula is C32H22N4. The van der Waals surface area contributed by atoms with Gasteiger partial charge in [-0.1, -0.05) is 109 Å². The second-order valence-electron chi connectivity index (χ2n) is 8.43. The third kappa shape index (κ3) is 4.52. The van der Waals surface area contributed by atoms with Gasteiger partial charge in [0.2, 0.25) is 0 Å². The zero-order valence-corrected chi connectivity index (χ0v) is 19.5. The van der Waals surface area contributed by atoms with Gasteiger partial charge in [0, 0.05) is 27.8 Å². The maximum Gasteiger partial charge on any atom is 0.160 e. The normalized spacial score (nSPS) is 10.8. The van der Waals surface area contributed by atoms with Gasteiger partial charge in [-0.05, 0) is 18.2 Å². The van der Waals surface area contributed by atoms with Crippen molar-refractivity contribution >= 4 is 0 Å². The van der Waals surface area contributed by atoms with E-state index in [1.165, 1.54) is 0 Å². The molecule has 4 aromatic carbocycles. The molecule has 6 rings (SSSR count). The maximum atomic E-state index is 4.96. The van der Waals surface area contributed by atoms with Gasteiger partial charge in [0.15, 0.2) is 5.82 Å². The largest absolute Gasteiger partial charge is 0.236 e. The molecule has 0 aliphatic carbocycles. The first-order valence-corrected chi connectivity index (χ1v) is 11.8. The number of benzene rings is 4. The van der Waals surface area contributed by atoms with Gasteiger partial charge in [-0.3, -0.25) is 0 Å². The summed E-state index contributed by atoms with van der Waals surface area (Å²) in [5.41, 5.74) is 8.62. The van der Waals surface area contributed by atoms with Crippen LogP contribution in [0.15, 0.2) is 134 Å². The molecule has 0 amide bonds. The molecule has 0 aliphatic rings. The minimum absolute atomic E-state index is 0.700. The minimum Gasteiger partial charge on any atom is -0.236 e. The van der Waals surface area contributed by atoms with Crippen molar-refractivity contribution < 1.29 is 0 Å². The second-order valence-corrected chi connectivity index (χ2v) is 8.43. The Morgan fingerprint density at radius 2 is 0.750 bits per heavy atom. The zero-order valence-electron chi connectivity index (χ0n) is 19.5. The third-order valence-corrected chi connectivity index (χ3v) is 6.02. The zero-order chi connectivity index (χ0) is 24.2. The Morgan fingerprint density at radius 3 is 1.36 bits per heavy atom. The maximum absolute atomic E-state index is 4.96. The highest BCUT2D eigenvalue weighted by Gasteiger charge is 2.12. The molecule has 0 bridgehead atoms. The highest BCUT2D eigenvalue weighted by molar-refractivity contribution is 5.76. The summed E-state index contributed by atoms with van der Waals surface area (Å²) in [4.78, 5) is 18.9. The predicted molar refractivity (Wildman–Crippen MR) is 145 cm³/mol. The SMILES string of the molecule is c1ccc(-c2cc(-c3cccc(-c4cc(-c5ccccc5)nc(-c5ccccc5)n4)c3)ncn2)cc1. The first-order chi connectivity index (χ1) is 17.8. The lowest BCUT2D eigenvalue weighted by molar-refractivity contribution is 1.17. The molecule has 6 aromatic rings. The Balaban J connectivity index is 1.45. The molecule has 0 fully saturated rings. The van der Waals surface area contributed by atoms with Gasteiger partial charge in [-0.25, -0.2) is 19.9 Å². The van der Waals surface area contributed by atoms with Crippen LogP contribution >= 0.6 is 0 Å². The summed E-state index contributed by atoms with van der Waals surface area (Å²) < 4.78 is 0. The molecule has 2 aromatic heterocycles. The lowest BCUT2D eigenvalue weighted by Gasteiger charge is -2.10. The lowest BCUT2D eigenvalue weighted by atomic mass is 10.0. The average Bonchev–Trinajstić information content (AvgIpc) is 2.98. The van der Waals surface area contributed by atoms with Gasteiger partial charge < -0.3 is 0 Å². The highest BCUT2D eigenvalue weighted by atomic mass is 14.9. The molecule has 0 saturated heterocycles. The van der Waals surface area contributed by atoms with Crippen LogP contribution in [-0.4, -0.2) is 19.9 Å². The average molecular weight is 463 g/mol. The van der Waals surface area contributed by atoms with Crippen LogP contribution in [0.2, 0.25) is 0 Å². The van der Waals surface area contributed by atoms with E-state index in [-0.39, 0.29) is 0 Å². The van der Waals surface area contributed by atoms with Crippen molar-refractivity contribution in [3.8, 4) is 56.4 Å². The Bertz CT molecular complexity index is 1560. The summed E-state index contributed by atoms with van der Waals surface area (Å²) in [5, 5.41) is 0. The number of hydrogen-bond acceptors (Lipinski definition) is 4. The molecule has 0 spiro atoms. The fourth-order valence-electron chi connectivity index (χ4n) is 4.19. The molecule has 0 radical (unpaired) electrons. The molecule has 0 unspecified atom stereocenters. The lowest BCUT2D eigenvalue weighted by Crippen LogP contribution is -1.96. The summed E-state index contributed by atoms with van der Waals surface area (Å²) in [6, 6.07) is 42.8. The summed E-state index contributed by atoms with van der Waals surface area (Å²) in [7, 11) is 0. The van der Waals surface area contributed by atoms with Crippen LogP contribution in [0.25, 0.3) is 56.4 Å². The highest BCUT2D eigenvalue weighted by Crippen LogP contribution is 2.30. The quantitative estimate of drug-likeness (QED) is 0.265. The Morgan fingerprint density at radius 1 is 0.333 bits per heavy atom. The van der Waals surface area contributed by atoms with Crippen LogP contribution in [0, 0.1) is 0 Å². The van der Waals surface area contributed by atoms with Crippen molar-refractivity contribution in [2.75, 3.05) is 0 Å². The number of aromatic nitrogens is 4. The van der Waals surface area contributed by atoms with Gasteiger partial charge >= 0.3 is 0 Å². The van der Waals surface area contributed by atoms with Crippen LogP contribution in [-0.2, 0) is 0 Å². The van der Waals surface area contributed by atoms with Crippen molar-refractivity contribution in [3.63, 3.8) is 0 Å². The first-order valence-electron chi connectivity index (χ1n) is 11.8. The van der Waals surface area contributed by atoms with E-state index in [0.29, 0.717) is 5.82 Å². The molecule has 0 aliphatic heterocycles. The molecule has 4 heteroatoms. The number of nitrogens with zero attached hydrogens (tertiary/aromatic N) is 4. The van der Waals surface area contributed by atoms with E-state index in [1.807, 2.05) is 78.9 Å². The Kier molecular flexibility index (Phi) is 5.83. The molecule has 36 heavy (non-hydrogen) atoms. The van der Waals surface area contributed by atoms with Crippen LogP contribution in [0.3, 0.4) is 0 Å². The van der Waals surface area contributed by atoms with Crippen LogP contribution in [0.1, 0.15) is 0 Å². The topological polar surface area (TPSA) is 51.6 Å². The number of rotatable bonds is 5. The molecule has 4 nitrogen and oxygen atoms in total. The van der Waals surface area contributed by atoms with Crippen molar-refractivity contribution in [1.82, 2.24) is 19.9 Å². The standard InChI is InChI=1S/C32H22N4/c1-4-11-23(12-5-1)28-20-29(34-22-33-28)26-17-10-18-27(19-26)31-21-30(24-13-6-2-7-14-24)35-32(36-31)25-15-8-3-9-16-25/h1-22H. The van der Waals surface area contributed by atoms with E-state index in [9.17, 15) is 0 Å². The number of hydrogen-bond donors (Lipinski definition) is 0. The van der Waals surface area contributed by atoms with E-state index in [0.717, 1.165) is 50.6 Å². The minimum atomic E-state index is 0.700. The van der Waals surface area contributed by atoms with E-state index >= 15 is 0 Å². The first kappa shape index (κ1) is 21.6. The Hall–Kier alpha value is -4.96. The summed E-state index contributed by atoms with van der Waals surface area (Å²) in [5.74, 6) is 0.700. The van der Waals surface area contributed by atoms with Gasteiger partial charge in [-0.2, -0.15) is 0 Å². The van der Waals surface area contributed by atoms with Crippen LogP contribution in [0.4, 0.5) is 0 Å². The Labute approximate surface area is 210 Å². The van der Waals surface area contributed by atoms with Crippen molar-refractivity contribution in [3.05, 3.63) is 134 Å². The molecule has 0 saturated carbocycles. The van der Waals surface area contributed by atoms with Gasteiger partial charge in [0.1, 0.15) is 6.33 Å². The summed E-state index contributed by atoms with van der Waals surface area (Å²) >= 11 is 0. The third-order valence-electron chi connectivity index (χ3n) is 6.02. The van der Waals surface area contributed by atoms with Gasteiger partial charge in [-0.15, -0.1) is 0 Å². The smallest absolute Gasteiger partial charge is 0.160 e. The molecule has 2 heterocycles. The van der Waals surface area contributed by atoms with Gasteiger partial charge in [0.05, 0.1) is 22.8 Å². The van der Waals surface area contributed by atoms with E-state index in [1.54, 1.807) is 6.33 Å². The van der Waals surface area contributed by atoms with E-state index in [4.69, 9.17) is 9.97 Å².